The van der Waals surface area contributed by atoms with Crippen molar-refractivity contribution in [2.24, 2.45) is 0 Å². The van der Waals surface area contributed by atoms with Crippen LogP contribution in [-0.2, 0) is 12.6 Å². The molecule has 100 valence electrons. The van der Waals surface area contributed by atoms with Crippen molar-refractivity contribution >= 4 is 0 Å². The zero-order valence-corrected chi connectivity index (χ0v) is 10.1. The number of halogens is 4. The lowest BCUT2D eigenvalue weighted by atomic mass is 9.90. The molecule has 1 aliphatic rings. The third-order valence-corrected chi connectivity index (χ3v) is 3.39. The van der Waals surface area contributed by atoms with Gasteiger partial charge in [-0.3, -0.25) is 0 Å². The second kappa shape index (κ2) is 4.53. The Labute approximate surface area is 103 Å². The van der Waals surface area contributed by atoms with Crippen LogP contribution in [0.25, 0.3) is 0 Å². The summed E-state index contributed by atoms with van der Waals surface area (Å²) in [6, 6.07) is 3.24. The van der Waals surface area contributed by atoms with Crippen molar-refractivity contribution < 1.29 is 17.6 Å². The average Bonchev–Trinajstić information content (AvgIpc) is 2.66. The molecule has 1 nitrogen and oxygen atoms in total. The number of nitrogens with one attached hydrogen (secondary N) is 1. The second-order valence-electron chi connectivity index (χ2n) is 5.08. The standard InChI is InChI=1S/C13H15F4N/c1-12(5-2-6-18-12)8-9-3-4-11(14)10(7-9)13(15,16)17/h3-4,7,18H,2,5-6,8H2,1H3. The molecule has 1 aliphatic heterocycles. The molecule has 1 atom stereocenters. The number of benzene rings is 1. The van der Waals surface area contributed by atoms with Gasteiger partial charge in [-0.2, -0.15) is 13.2 Å². The second-order valence-corrected chi connectivity index (χ2v) is 5.08. The van der Waals surface area contributed by atoms with Crippen LogP contribution in [0.4, 0.5) is 17.6 Å². The van der Waals surface area contributed by atoms with E-state index >= 15 is 0 Å². The summed E-state index contributed by atoms with van der Waals surface area (Å²) in [4.78, 5) is 0. The van der Waals surface area contributed by atoms with Crippen LogP contribution in [0.1, 0.15) is 30.9 Å². The Morgan fingerprint density at radius 2 is 2.06 bits per heavy atom. The van der Waals surface area contributed by atoms with Gasteiger partial charge in [-0.25, -0.2) is 4.39 Å². The molecule has 0 radical (unpaired) electrons. The van der Waals surface area contributed by atoms with Crippen LogP contribution < -0.4 is 5.32 Å². The number of rotatable bonds is 2. The fraction of sp³-hybridized carbons (Fsp3) is 0.538. The summed E-state index contributed by atoms with van der Waals surface area (Å²) in [5.74, 6) is -1.21. The van der Waals surface area contributed by atoms with Gasteiger partial charge in [0.1, 0.15) is 5.82 Å². The van der Waals surface area contributed by atoms with E-state index in [0.29, 0.717) is 12.0 Å². The van der Waals surface area contributed by atoms with Crippen LogP contribution in [0.3, 0.4) is 0 Å². The molecule has 0 amide bonds. The maximum Gasteiger partial charge on any atom is 0.419 e. The van der Waals surface area contributed by atoms with E-state index in [4.69, 9.17) is 0 Å². The van der Waals surface area contributed by atoms with E-state index in [1.54, 1.807) is 0 Å². The molecule has 1 saturated heterocycles. The Bertz CT molecular complexity index is 433. The summed E-state index contributed by atoms with van der Waals surface area (Å²) in [5, 5.41) is 3.28. The summed E-state index contributed by atoms with van der Waals surface area (Å²) in [6.07, 6.45) is -2.21. The normalized spacial score (nSPS) is 24.5. The van der Waals surface area contributed by atoms with Crippen molar-refractivity contribution in [2.45, 2.75) is 37.9 Å². The summed E-state index contributed by atoms with van der Waals surface area (Å²) < 4.78 is 50.9. The van der Waals surface area contributed by atoms with Gasteiger partial charge in [0.15, 0.2) is 0 Å². The van der Waals surface area contributed by atoms with Crippen LogP contribution >= 0.6 is 0 Å². The minimum Gasteiger partial charge on any atom is -0.311 e. The molecular formula is C13H15F4N. The molecule has 0 saturated carbocycles. The predicted octanol–water partition coefficient (Wildman–Crippen LogP) is 3.53. The van der Waals surface area contributed by atoms with E-state index in [0.717, 1.165) is 31.5 Å². The highest BCUT2D eigenvalue weighted by Crippen LogP contribution is 2.33. The van der Waals surface area contributed by atoms with E-state index in [2.05, 4.69) is 5.32 Å². The molecule has 1 N–H and O–H groups in total. The maximum atomic E-state index is 13.1. The van der Waals surface area contributed by atoms with E-state index in [1.807, 2.05) is 6.92 Å². The van der Waals surface area contributed by atoms with Gasteiger partial charge in [0.25, 0.3) is 0 Å². The third-order valence-electron chi connectivity index (χ3n) is 3.39. The Morgan fingerprint density at radius 1 is 1.33 bits per heavy atom. The first kappa shape index (κ1) is 13.3. The summed E-state index contributed by atoms with van der Waals surface area (Å²) in [5.41, 5.74) is -0.844. The van der Waals surface area contributed by atoms with E-state index in [-0.39, 0.29) is 5.54 Å². The molecule has 0 aromatic heterocycles. The van der Waals surface area contributed by atoms with Crippen molar-refractivity contribution in [3.8, 4) is 0 Å². The SMILES string of the molecule is CC1(Cc2ccc(F)c(C(F)(F)F)c2)CCCN1. The van der Waals surface area contributed by atoms with Gasteiger partial charge < -0.3 is 5.32 Å². The molecule has 1 unspecified atom stereocenters. The molecule has 2 rings (SSSR count). The van der Waals surface area contributed by atoms with Crippen molar-refractivity contribution in [1.29, 1.82) is 0 Å². The average molecular weight is 261 g/mol. The monoisotopic (exact) mass is 261 g/mol. The molecule has 1 aromatic carbocycles. The fourth-order valence-corrected chi connectivity index (χ4v) is 2.46. The zero-order valence-electron chi connectivity index (χ0n) is 10.1. The van der Waals surface area contributed by atoms with Crippen molar-refractivity contribution in [3.63, 3.8) is 0 Å². The molecule has 18 heavy (non-hydrogen) atoms. The largest absolute Gasteiger partial charge is 0.419 e. The van der Waals surface area contributed by atoms with Crippen molar-refractivity contribution in [2.75, 3.05) is 6.54 Å². The molecular weight excluding hydrogens is 246 g/mol. The van der Waals surface area contributed by atoms with Gasteiger partial charge in [-0.15, -0.1) is 0 Å². The predicted molar refractivity (Wildman–Crippen MR) is 60.7 cm³/mol. The van der Waals surface area contributed by atoms with E-state index in [9.17, 15) is 17.6 Å². The Morgan fingerprint density at radius 3 is 2.61 bits per heavy atom. The van der Waals surface area contributed by atoms with Crippen molar-refractivity contribution in [3.05, 3.63) is 35.1 Å². The lowest BCUT2D eigenvalue weighted by Gasteiger charge is -2.24. The van der Waals surface area contributed by atoms with Crippen LogP contribution in [0.2, 0.25) is 0 Å². The maximum absolute atomic E-state index is 13.1. The highest BCUT2D eigenvalue weighted by molar-refractivity contribution is 5.28. The van der Waals surface area contributed by atoms with Gasteiger partial charge in [-0.1, -0.05) is 6.07 Å². The minimum atomic E-state index is -4.63. The Kier molecular flexibility index (Phi) is 3.36. The van der Waals surface area contributed by atoms with Crippen LogP contribution in [0, 0.1) is 5.82 Å². The molecule has 0 bridgehead atoms. The topological polar surface area (TPSA) is 12.0 Å². The number of hydrogen-bond donors (Lipinski definition) is 1. The molecule has 0 aliphatic carbocycles. The third kappa shape index (κ3) is 2.83. The van der Waals surface area contributed by atoms with Gasteiger partial charge in [0.2, 0.25) is 0 Å². The van der Waals surface area contributed by atoms with Crippen LogP contribution in [0.5, 0.6) is 0 Å². The molecule has 0 spiro atoms. The first-order valence-corrected chi connectivity index (χ1v) is 5.91. The molecule has 5 heteroatoms. The lowest BCUT2D eigenvalue weighted by Crippen LogP contribution is -2.38. The quantitative estimate of drug-likeness (QED) is 0.803. The first-order valence-electron chi connectivity index (χ1n) is 5.91. The summed E-state index contributed by atoms with van der Waals surface area (Å²) >= 11 is 0. The fourth-order valence-electron chi connectivity index (χ4n) is 2.46. The lowest BCUT2D eigenvalue weighted by molar-refractivity contribution is -0.140. The molecule has 1 fully saturated rings. The van der Waals surface area contributed by atoms with E-state index < -0.39 is 17.6 Å². The molecule has 1 heterocycles. The van der Waals surface area contributed by atoms with Gasteiger partial charge in [-0.05, 0) is 50.4 Å². The zero-order chi connectivity index (χ0) is 13.4. The summed E-state index contributed by atoms with van der Waals surface area (Å²) in [6.45, 7) is 2.86. The summed E-state index contributed by atoms with van der Waals surface area (Å²) in [7, 11) is 0. The van der Waals surface area contributed by atoms with Crippen molar-refractivity contribution in [1.82, 2.24) is 5.32 Å². The number of alkyl halides is 3. The minimum absolute atomic E-state index is 0.180. The first-order chi connectivity index (χ1) is 8.30. The Balaban J connectivity index is 2.25. The smallest absolute Gasteiger partial charge is 0.311 e. The Hall–Kier alpha value is -1.10. The van der Waals surface area contributed by atoms with Gasteiger partial charge in [0, 0.05) is 5.54 Å². The van der Waals surface area contributed by atoms with E-state index in [1.165, 1.54) is 6.07 Å². The van der Waals surface area contributed by atoms with Crippen LogP contribution in [-0.4, -0.2) is 12.1 Å². The molecule has 1 aromatic rings. The number of hydrogen-bond acceptors (Lipinski definition) is 1. The van der Waals surface area contributed by atoms with Gasteiger partial charge >= 0.3 is 6.18 Å². The highest BCUT2D eigenvalue weighted by Gasteiger charge is 2.35. The highest BCUT2D eigenvalue weighted by atomic mass is 19.4. The van der Waals surface area contributed by atoms with Gasteiger partial charge in [0.05, 0.1) is 5.56 Å². The van der Waals surface area contributed by atoms with Crippen LogP contribution in [0.15, 0.2) is 18.2 Å².